The van der Waals surface area contributed by atoms with Crippen molar-refractivity contribution < 1.29 is 22.8 Å². The molecule has 3 rings (SSSR count). The van der Waals surface area contributed by atoms with E-state index in [9.17, 15) is 23.3 Å². The van der Waals surface area contributed by atoms with Crippen molar-refractivity contribution in [2.45, 2.75) is 13.1 Å². The van der Waals surface area contributed by atoms with Crippen LogP contribution < -0.4 is 4.74 Å². The Bertz CT molecular complexity index is 1130. The number of ether oxygens (including phenoxy) is 1. The van der Waals surface area contributed by atoms with E-state index in [1.165, 1.54) is 12.3 Å². The summed E-state index contributed by atoms with van der Waals surface area (Å²) in [4.78, 5) is 14.7. The minimum Gasteiger partial charge on any atom is -0.449 e. The molecule has 0 atom stereocenters. The van der Waals surface area contributed by atoms with E-state index in [0.717, 1.165) is 17.7 Å². The van der Waals surface area contributed by atoms with Crippen molar-refractivity contribution in [1.82, 2.24) is 0 Å². The molecular formula is C21H14ClF3N2O3. The van der Waals surface area contributed by atoms with Crippen molar-refractivity contribution in [3.05, 3.63) is 92.5 Å². The first-order valence-corrected chi connectivity index (χ1v) is 8.95. The largest absolute Gasteiger partial charge is 0.449 e. The van der Waals surface area contributed by atoms with Crippen LogP contribution in [0.15, 0.2) is 65.7 Å². The summed E-state index contributed by atoms with van der Waals surface area (Å²) >= 11 is 6.08. The second kappa shape index (κ2) is 8.54. The van der Waals surface area contributed by atoms with Gasteiger partial charge in [0.1, 0.15) is 5.75 Å². The maximum atomic E-state index is 12.9. The zero-order valence-electron chi connectivity index (χ0n) is 15.5. The van der Waals surface area contributed by atoms with Gasteiger partial charge in [0, 0.05) is 22.9 Å². The van der Waals surface area contributed by atoms with Crippen LogP contribution >= 0.6 is 11.6 Å². The second-order valence-electron chi connectivity index (χ2n) is 6.27. The zero-order valence-corrected chi connectivity index (χ0v) is 16.2. The molecule has 154 valence electrons. The number of alkyl halides is 3. The Morgan fingerprint density at radius 3 is 2.47 bits per heavy atom. The fraction of sp³-hybridized carbons (Fsp3) is 0.0952. The highest BCUT2D eigenvalue weighted by Crippen LogP contribution is 2.38. The fourth-order valence-corrected chi connectivity index (χ4v) is 2.70. The molecule has 30 heavy (non-hydrogen) atoms. The van der Waals surface area contributed by atoms with Gasteiger partial charge in [0.15, 0.2) is 0 Å². The number of halogens is 4. The molecule has 0 N–H and O–H groups in total. The Morgan fingerprint density at radius 2 is 1.80 bits per heavy atom. The number of aliphatic imine (C=N–C) groups is 1. The van der Waals surface area contributed by atoms with E-state index in [2.05, 4.69) is 4.99 Å². The third-order valence-electron chi connectivity index (χ3n) is 4.13. The van der Waals surface area contributed by atoms with Gasteiger partial charge in [0.05, 0.1) is 16.2 Å². The lowest BCUT2D eigenvalue weighted by Gasteiger charge is -2.11. The molecule has 9 heteroatoms. The van der Waals surface area contributed by atoms with Crippen LogP contribution in [0.4, 0.5) is 24.5 Å². The third-order valence-corrected chi connectivity index (χ3v) is 4.54. The number of hydrogen-bond donors (Lipinski definition) is 0. The topological polar surface area (TPSA) is 64.7 Å². The van der Waals surface area contributed by atoms with E-state index < -0.39 is 22.4 Å². The Labute approximate surface area is 174 Å². The molecule has 3 aromatic carbocycles. The molecule has 0 spiro atoms. The predicted octanol–water partition coefficient (Wildman–Crippen LogP) is 7.12. The first-order valence-electron chi connectivity index (χ1n) is 8.58. The SMILES string of the molecule is Cc1ccc(N=Cc2ccccc2Oc2ccc(C(F)(F)F)cc2[N+](=O)[O-])cc1Cl. The maximum Gasteiger partial charge on any atom is 0.416 e. The molecule has 0 heterocycles. The average molecular weight is 435 g/mol. The fourth-order valence-electron chi connectivity index (χ4n) is 2.53. The van der Waals surface area contributed by atoms with E-state index in [-0.39, 0.29) is 11.5 Å². The second-order valence-corrected chi connectivity index (χ2v) is 6.68. The smallest absolute Gasteiger partial charge is 0.416 e. The van der Waals surface area contributed by atoms with Gasteiger partial charge in [-0.15, -0.1) is 0 Å². The van der Waals surface area contributed by atoms with Gasteiger partial charge >= 0.3 is 11.9 Å². The quantitative estimate of drug-likeness (QED) is 0.244. The van der Waals surface area contributed by atoms with Crippen molar-refractivity contribution in [1.29, 1.82) is 0 Å². The number of aryl methyl sites for hydroxylation is 1. The molecule has 5 nitrogen and oxygen atoms in total. The molecule has 0 amide bonds. The third kappa shape index (κ3) is 4.96. The Kier molecular flexibility index (Phi) is 6.07. The number of para-hydroxylation sites is 1. The molecule has 0 fully saturated rings. The monoisotopic (exact) mass is 434 g/mol. The van der Waals surface area contributed by atoms with Crippen LogP contribution in [-0.2, 0) is 6.18 Å². The van der Waals surface area contributed by atoms with Gasteiger partial charge in [-0.3, -0.25) is 15.1 Å². The standard InChI is InChI=1S/C21H14ClF3N2O3/c1-13-6-8-16(11-17(13)22)26-12-14-4-2-3-5-19(14)30-20-9-7-15(21(23,24)25)10-18(20)27(28)29/h2-12H,1H3. The van der Waals surface area contributed by atoms with Crippen LogP contribution in [0.1, 0.15) is 16.7 Å². The van der Waals surface area contributed by atoms with Crippen molar-refractivity contribution in [3.8, 4) is 11.5 Å². The number of rotatable bonds is 5. The van der Waals surface area contributed by atoms with Crippen molar-refractivity contribution in [2.24, 2.45) is 4.99 Å². The summed E-state index contributed by atoms with van der Waals surface area (Å²) in [5.41, 5.74) is 0.0350. The van der Waals surface area contributed by atoms with E-state index in [1.54, 1.807) is 30.3 Å². The molecule has 0 aliphatic heterocycles. The Morgan fingerprint density at radius 1 is 1.07 bits per heavy atom. The number of hydrogen-bond acceptors (Lipinski definition) is 4. The maximum absolute atomic E-state index is 12.9. The Hall–Kier alpha value is -3.39. The number of benzene rings is 3. The van der Waals surface area contributed by atoms with E-state index in [0.29, 0.717) is 22.3 Å². The van der Waals surface area contributed by atoms with E-state index in [1.807, 2.05) is 13.0 Å². The van der Waals surface area contributed by atoms with Gasteiger partial charge in [-0.05, 0) is 48.9 Å². The van der Waals surface area contributed by atoms with Crippen LogP contribution in [0.25, 0.3) is 0 Å². The highest BCUT2D eigenvalue weighted by atomic mass is 35.5. The lowest BCUT2D eigenvalue weighted by molar-refractivity contribution is -0.385. The summed E-state index contributed by atoms with van der Waals surface area (Å²) in [5.74, 6) is -0.116. The van der Waals surface area contributed by atoms with Gasteiger partial charge in [-0.2, -0.15) is 13.2 Å². The van der Waals surface area contributed by atoms with Gasteiger partial charge < -0.3 is 4.74 Å². The number of nitrogens with zero attached hydrogens (tertiary/aromatic N) is 2. The highest BCUT2D eigenvalue weighted by molar-refractivity contribution is 6.31. The first kappa shape index (κ1) is 21.3. The molecular weight excluding hydrogens is 421 g/mol. The first-order chi connectivity index (χ1) is 14.1. The minimum atomic E-state index is -4.71. The summed E-state index contributed by atoms with van der Waals surface area (Å²) in [6, 6.07) is 13.9. The van der Waals surface area contributed by atoms with Crippen molar-refractivity contribution in [3.63, 3.8) is 0 Å². The van der Waals surface area contributed by atoms with Gasteiger partial charge in [0.2, 0.25) is 5.75 Å². The van der Waals surface area contributed by atoms with Gasteiger partial charge in [0.25, 0.3) is 0 Å². The molecule has 0 saturated carbocycles. The molecule has 0 aromatic heterocycles. The number of nitro benzene ring substituents is 1. The summed E-state index contributed by atoms with van der Waals surface area (Å²) in [7, 11) is 0. The van der Waals surface area contributed by atoms with Gasteiger partial charge in [-0.1, -0.05) is 29.8 Å². The molecule has 0 bridgehead atoms. The number of nitro groups is 1. The molecule has 3 aromatic rings. The van der Waals surface area contributed by atoms with E-state index in [4.69, 9.17) is 16.3 Å². The van der Waals surface area contributed by atoms with Crippen LogP contribution in [-0.4, -0.2) is 11.1 Å². The van der Waals surface area contributed by atoms with Crippen molar-refractivity contribution >= 4 is 29.2 Å². The molecule has 0 aliphatic carbocycles. The average Bonchev–Trinajstić information content (AvgIpc) is 2.69. The summed E-state index contributed by atoms with van der Waals surface area (Å²) in [6.07, 6.45) is -3.23. The van der Waals surface area contributed by atoms with Crippen LogP contribution in [0.3, 0.4) is 0 Å². The predicted molar refractivity (Wildman–Crippen MR) is 108 cm³/mol. The van der Waals surface area contributed by atoms with Crippen LogP contribution in [0.2, 0.25) is 5.02 Å². The molecule has 0 radical (unpaired) electrons. The molecule has 0 unspecified atom stereocenters. The summed E-state index contributed by atoms with van der Waals surface area (Å²) in [6.45, 7) is 1.86. The lowest BCUT2D eigenvalue weighted by Crippen LogP contribution is -2.06. The zero-order chi connectivity index (χ0) is 21.9. The van der Waals surface area contributed by atoms with Crippen molar-refractivity contribution in [2.75, 3.05) is 0 Å². The van der Waals surface area contributed by atoms with Gasteiger partial charge in [-0.25, -0.2) is 0 Å². The molecule has 0 saturated heterocycles. The minimum absolute atomic E-state index is 0.197. The summed E-state index contributed by atoms with van der Waals surface area (Å²) < 4.78 is 44.2. The van der Waals surface area contributed by atoms with Crippen LogP contribution in [0.5, 0.6) is 11.5 Å². The highest BCUT2D eigenvalue weighted by Gasteiger charge is 2.33. The Balaban J connectivity index is 1.94. The molecule has 0 aliphatic rings. The summed E-state index contributed by atoms with van der Waals surface area (Å²) in [5, 5.41) is 11.8. The van der Waals surface area contributed by atoms with Crippen LogP contribution in [0, 0.1) is 17.0 Å². The normalized spacial score (nSPS) is 11.6. The lowest BCUT2D eigenvalue weighted by atomic mass is 10.1. The van der Waals surface area contributed by atoms with E-state index >= 15 is 0 Å².